The van der Waals surface area contributed by atoms with Crippen molar-refractivity contribution in [2.45, 2.75) is 26.0 Å². The molecule has 0 aliphatic carbocycles. The summed E-state index contributed by atoms with van der Waals surface area (Å²) in [5.74, 6) is 5.03. The summed E-state index contributed by atoms with van der Waals surface area (Å²) in [5.41, 5.74) is 3.28. The van der Waals surface area contributed by atoms with E-state index in [4.69, 9.17) is 10.6 Å². The van der Waals surface area contributed by atoms with Crippen LogP contribution in [0, 0.1) is 5.82 Å². The van der Waals surface area contributed by atoms with Gasteiger partial charge in [-0.25, -0.2) is 4.39 Å². The van der Waals surface area contributed by atoms with E-state index in [0.717, 1.165) is 6.20 Å². The molecule has 0 saturated carbocycles. The van der Waals surface area contributed by atoms with Crippen molar-refractivity contribution in [2.75, 3.05) is 6.61 Å². The van der Waals surface area contributed by atoms with E-state index >= 15 is 0 Å². The maximum absolute atomic E-state index is 12.9. The van der Waals surface area contributed by atoms with Crippen LogP contribution < -0.4 is 11.3 Å². The fourth-order valence-electron chi connectivity index (χ4n) is 1.46. The van der Waals surface area contributed by atoms with Gasteiger partial charge in [0.2, 0.25) is 0 Å². The molecule has 0 saturated heterocycles. The largest absolute Gasteiger partial charge is 0.377 e. The highest BCUT2D eigenvalue weighted by atomic mass is 19.1. The van der Waals surface area contributed by atoms with Crippen LogP contribution in [-0.2, 0) is 4.74 Å². The summed E-state index contributed by atoms with van der Waals surface area (Å²) >= 11 is 0. The minimum Gasteiger partial charge on any atom is -0.377 e. The van der Waals surface area contributed by atoms with E-state index in [0.29, 0.717) is 12.2 Å². The molecule has 0 bridgehead atoms. The van der Waals surface area contributed by atoms with E-state index in [1.165, 1.54) is 6.07 Å². The van der Waals surface area contributed by atoms with Gasteiger partial charge in [0.1, 0.15) is 5.82 Å². The zero-order valence-electron chi connectivity index (χ0n) is 8.90. The Balaban J connectivity index is 2.82. The molecular formula is C10H16FN3O. The second-order valence-corrected chi connectivity index (χ2v) is 3.24. The van der Waals surface area contributed by atoms with Crippen molar-refractivity contribution >= 4 is 0 Å². The molecule has 2 atom stereocenters. The van der Waals surface area contributed by atoms with E-state index in [-0.39, 0.29) is 18.0 Å². The lowest BCUT2D eigenvalue weighted by Gasteiger charge is -2.23. The predicted molar refractivity (Wildman–Crippen MR) is 55.3 cm³/mol. The molecule has 0 spiro atoms. The molecule has 0 amide bonds. The lowest BCUT2D eigenvalue weighted by atomic mass is 10.1. The van der Waals surface area contributed by atoms with Crippen molar-refractivity contribution in [3.8, 4) is 0 Å². The highest BCUT2D eigenvalue weighted by molar-refractivity contribution is 5.16. The monoisotopic (exact) mass is 213 g/mol. The lowest BCUT2D eigenvalue weighted by molar-refractivity contribution is 0.0471. The Bertz CT molecular complexity index is 308. The minimum absolute atomic E-state index is 0.136. The number of halogens is 1. The van der Waals surface area contributed by atoms with Crippen LogP contribution in [0.25, 0.3) is 0 Å². The highest BCUT2D eigenvalue weighted by Crippen LogP contribution is 2.18. The number of rotatable bonds is 5. The fraction of sp³-hybridized carbons (Fsp3) is 0.500. The first-order valence-corrected chi connectivity index (χ1v) is 4.87. The molecule has 0 fully saturated rings. The van der Waals surface area contributed by atoms with Crippen molar-refractivity contribution in [1.82, 2.24) is 10.4 Å². The highest BCUT2D eigenvalue weighted by Gasteiger charge is 2.18. The van der Waals surface area contributed by atoms with Gasteiger partial charge >= 0.3 is 0 Å². The zero-order chi connectivity index (χ0) is 11.3. The molecule has 1 rings (SSSR count). The van der Waals surface area contributed by atoms with Crippen LogP contribution in [0.2, 0.25) is 0 Å². The smallest absolute Gasteiger partial charge is 0.141 e. The zero-order valence-corrected chi connectivity index (χ0v) is 8.90. The second kappa shape index (κ2) is 5.75. The standard InChI is InChI=1S/C10H16FN3O/c1-3-15-7(2)10(14-12)8-4-9(11)6-13-5-8/h4-7,10,14H,3,12H2,1-2H3. The average Bonchev–Trinajstić information content (AvgIpc) is 2.19. The fourth-order valence-corrected chi connectivity index (χ4v) is 1.46. The molecule has 0 aliphatic rings. The molecule has 4 nitrogen and oxygen atoms in total. The number of hydrogen-bond acceptors (Lipinski definition) is 4. The molecule has 15 heavy (non-hydrogen) atoms. The van der Waals surface area contributed by atoms with Crippen LogP contribution in [0.3, 0.4) is 0 Å². The topological polar surface area (TPSA) is 60.2 Å². The van der Waals surface area contributed by atoms with Gasteiger partial charge in [-0.15, -0.1) is 0 Å². The number of hydrogen-bond donors (Lipinski definition) is 2. The van der Waals surface area contributed by atoms with E-state index in [9.17, 15) is 4.39 Å². The molecule has 2 unspecified atom stereocenters. The summed E-state index contributed by atoms with van der Waals surface area (Å²) in [5, 5.41) is 0. The van der Waals surface area contributed by atoms with Crippen LogP contribution in [-0.4, -0.2) is 17.7 Å². The molecule has 0 aromatic carbocycles. The van der Waals surface area contributed by atoms with E-state index in [1.54, 1.807) is 6.20 Å². The summed E-state index contributed by atoms with van der Waals surface area (Å²) < 4.78 is 18.3. The van der Waals surface area contributed by atoms with Crippen LogP contribution in [0.5, 0.6) is 0 Å². The van der Waals surface area contributed by atoms with Crippen LogP contribution in [0.15, 0.2) is 18.5 Å². The summed E-state index contributed by atoms with van der Waals surface area (Å²) in [4.78, 5) is 3.77. The number of nitrogens with one attached hydrogen (secondary N) is 1. The Hall–Kier alpha value is -1.04. The van der Waals surface area contributed by atoms with Crippen molar-refractivity contribution in [3.05, 3.63) is 29.8 Å². The third-order valence-corrected chi connectivity index (χ3v) is 2.16. The normalized spacial score (nSPS) is 14.9. The van der Waals surface area contributed by atoms with Crippen LogP contribution in [0.4, 0.5) is 4.39 Å². The van der Waals surface area contributed by atoms with Crippen molar-refractivity contribution in [1.29, 1.82) is 0 Å². The van der Waals surface area contributed by atoms with E-state index < -0.39 is 0 Å². The first kappa shape index (κ1) is 12.0. The van der Waals surface area contributed by atoms with Crippen LogP contribution >= 0.6 is 0 Å². The predicted octanol–water partition coefficient (Wildman–Crippen LogP) is 1.15. The molecule has 3 N–H and O–H groups in total. The molecule has 84 valence electrons. The van der Waals surface area contributed by atoms with Gasteiger partial charge in [-0.3, -0.25) is 16.3 Å². The molecule has 1 heterocycles. The summed E-state index contributed by atoms with van der Waals surface area (Å²) in [7, 11) is 0. The number of pyridine rings is 1. The Morgan fingerprint density at radius 2 is 2.33 bits per heavy atom. The second-order valence-electron chi connectivity index (χ2n) is 3.24. The van der Waals surface area contributed by atoms with Crippen LogP contribution in [0.1, 0.15) is 25.5 Å². The summed E-state index contributed by atoms with van der Waals surface area (Å²) in [6, 6.07) is 1.14. The number of hydrazine groups is 1. The van der Waals surface area contributed by atoms with E-state index in [2.05, 4.69) is 10.4 Å². The summed E-state index contributed by atoms with van der Waals surface area (Å²) in [6.07, 6.45) is 2.59. The molecule has 1 aromatic rings. The van der Waals surface area contributed by atoms with Gasteiger partial charge in [0, 0.05) is 12.8 Å². The SMILES string of the molecule is CCOC(C)C(NN)c1cncc(F)c1. The van der Waals surface area contributed by atoms with Crippen molar-refractivity contribution in [3.63, 3.8) is 0 Å². The van der Waals surface area contributed by atoms with Gasteiger partial charge in [-0.05, 0) is 25.5 Å². The summed E-state index contributed by atoms with van der Waals surface area (Å²) in [6.45, 7) is 4.36. The molecule has 0 aliphatic heterocycles. The number of aromatic nitrogens is 1. The Morgan fingerprint density at radius 3 is 2.87 bits per heavy atom. The number of ether oxygens (including phenoxy) is 1. The Kier molecular flexibility index (Phi) is 4.61. The third kappa shape index (κ3) is 3.23. The molecule has 1 aromatic heterocycles. The van der Waals surface area contributed by atoms with Gasteiger partial charge in [-0.1, -0.05) is 0 Å². The lowest BCUT2D eigenvalue weighted by Crippen LogP contribution is -2.36. The number of nitrogens with two attached hydrogens (primary N) is 1. The molecule has 0 radical (unpaired) electrons. The minimum atomic E-state index is -0.378. The van der Waals surface area contributed by atoms with Gasteiger partial charge < -0.3 is 4.74 Å². The van der Waals surface area contributed by atoms with Crippen molar-refractivity contribution < 1.29 is 9.13 Å². The Morgan fingerprint density at radius 1 is 1.60 bits per heavy atom. The Labute approximate surface area is 88.6 Å². The third-order valence-electron chi connectivity index (χ3n) is 2.16. The first-order valence-electron chi connectivity index (χ1n) is 4.87. The number of nitrogens with zero attached hydrogens (tertiary/aromatic N) is 1. The van der Waals surface area contributed by atoms with Gasteiger partial charge in [0.25, 0.3) is 0 Å². The maximum Gasteiger partial charge on any atom is 0.141 e. The average molecular weight is 213 g/mol. The molecule has 5 heteroatoms. The van der Waals surface area contributed by atoms with Gasteiger partial charge in [-0.2, -0.15) is 0 Å². The van der Waals surface area contributed by atoms with Gasteiger partial charge in [0.05, 0.1) is 18.3 Å². The maximum atomic E-state index is 12.9. The quantitative estimate of drug-likeness (QED) is 0.569. The van der Waals surface area contributed by atoms with Crippen molar-refractivity contribution in [2.24, 2.45) is 5.84 Å². The van der Waals surface area contributed by atoms with Gasteiger partial charge in [0.15, 0.2) is 0 Å². The molecular weight excluding hydrogens is 197 g/mol. The van der Waals surface area contributed by atoms with E-state index in [1.807, 2.05) is 13.8 Å². The first-order chi connectivity index (χ1) is 7.19.